The Morgan fingerprint density at radius 2 is 2.12 bits per heavy atom. The fraction of sp³-hybridized carbons (Fsp3) is 0.333. The molecule has 0 aliphatic carbocycles. The van der Waals surface area contributed by atoms with Crippen molar-refractivity contribution in [2.45, 2.75) is 13.1 Å². The first-order valence-electron chi connectivity index (χ1n) is 3.99. The summed E-state index contributed by atoms with van der Waals surface area (Å²) in [6.45, 7) is 0.798. The fourth-order valence-electron chi connectivity index (χ4n) is 0.712. The standard InChI is InChI=1S/C6H5F3N6O2/c1-2(16)3(4(17)6(7,8)9)10-11-5-12-14-15-13-5/h17H,1H3,(H,12,13,14,15)/b4-3-,11-10?. The van der Waals surface area contributed by atoms with E-state index in [0.717, 1.165) is 6.92 Å². The molecule has 1 heterocycles. The number of aliphatic hydroxyl groups excluding tert-OH is 1. The Bertz CT molecular complexity index is 463. The summed E-state index contributed by atoms with van der Waals surface area (Å²) in [6.07, 6.45) is -5.09. The van der Waals surface area contributed by atoms with E-state index < -0.39 is 23.4 Å². The van der Waals surface area contributed by atoms with E-state index in [9.17, 15) is 18.0 Å². The van der Waals surface area contributed by atoms with Gasteiger partial charge in [0.05, 0.1) is 0 Å². The van der Waals surface area contributed by atoms with Gasteiger partial charge in [-0.15, -0.1) is 15.3 Å². The van der Waals surface area contributed by atoms with Crippen molar-refractivity contribution in [3.8, 4) is 0 Å². The number of azo groups is 1. The first kappa shape index (κ1) is 12.7. The number of hydrogen-bond donors (Lipinski definition) is 2. The average Bonchev–Trinajstić information content (AvgIpc) is 2.68. The number of allylic oxidation sites excluding steroid dienone is 2. The molecule has 11 heteroatoms. The van der Waals surface area contributed by atoms with Crippen LogP contribution in [0.4, 0.5) is 19.1 Å². The van der Waals surface area contributed by atoms with Gasteiger partial charge < -0.3 is 5.11 Å². The first-order chi connectivity index (χ1) is 7.82. The third-order valence-corrected chi connectivity index (χ3v) is 1.40. The molecule has 0 fully saturated rings. The molecule has 1 aromatic heterocycles. The van der Waals surface area contributed by atoms with Gasteiger partial charge in [0, 0.05) is 6.92 Å². The summed E-state index contributed by atoms with van der Waals surface area (Å²) in [4.78, 5) is 10.9. The van der Waals surface area contributed by atoms with Crippen molar-refractivity contribution in [2.75, 3.05) is 0 Å². The van der Waals surface area contributed by atoms with Crippen molar-refractivity contribution < 1.29 is 23.1 Å². The van der Waals surface area contributed by atoms with Crippen molar-refractivity contribution in [3.05, 3.63) is 11.5 Å². The van der Waals surface area contributed by atoms with Crippen molar-refractivity contribution in [2.24, 2.45) is 10.2 Å². The van der Waals surface area contributed by atoms with Gasteiger partial charge in [-0.25, -0.2) is 0 Å². The van der Waals surface area contributed by atoms with Gasteiger partial charge in [0.25, 0.3) is 0 Å². The predicted octanol–water partition coefficient (Wildman–Crippen LogP) is 1.20. The van der Waals surface area contributed by atoms with Crippen LogP contribution in [0, 0.1) is 0 Å². The number of Topliss-reactive ketones (excluding diaryl/α,β-unsaturated/α-hetero) is 1. The number of H-pyrrole nitrogens is 1. The van der Waals surface area contributed by atoms with Gasteiger partial charge in [-0.2, -0.15) is 18.4 Å². The number of ketones is 1. The summed E-state index contributed by atoms with van der Waals surface area (Å²) in [5, 5.41) is 26.3. The number of carbonyl (C=O) groups excluding carboxylic acids is 1. The zero-order chi connectivity index (χ0) is 13.1. The van der Waals surface area contributed by atoms with E-state index in [1.54, 1.807) is 0 Å². The van der Waals surface area contributed by atoms with E-state index in [4.69, 9.17) is 5.11 Å². The van der Waals surface area contributed by atoms with Gasteiger partial charge in [0.2, 0.25) is 5.76 Å². The number of rotatable bonds is 3. The molecule has 17 heavy (non-hydrogen) atoms. The van der Waals surface area contributed by atoms with E-state index in [0.29, 0.717) is 0 Å². The maximum Gasteiger partial charge on any atom is 0.451 e. The van der Waals surface area contributed by atoms with Gasteiger partial charge in [-0.1, -0.05) is 5.10 Å². The second kappa shape index (κ2) is 4.67. The number of hydrogen-bond acceptors (Lipinski definition) is 7. The van der Waals surface area contributed by atoms with Crippen LogP contribution in [0.2, 0.25) is 0 Å². The summed E-state index contributed by atoms with van der Waals surface area (Å²) < 4.78 is 36.3. The normalized spacial score (nSPS) is 13.9. The average molecular weight is 250 g/mol. The number of alkyl halides is 3. The minimum absolute atomic E-state index is 0.376. The highest BCUT2D eigenvalue weighted by Crippen LogP contribution is 2.27. The zero-order valence-corrected chi connectivity index (χ0v) is 8.23. The molecule has 0 atom stereocenters. The van der Waals surface area contributed by atoms with Gasteiger partial charge in [-0.3, -0.25) is 4.79 Å². The van der Waals surface area contributed by atoms with Crippen molar-refractivity contribution >= 4 is 11.7 Å². The smallest absolute Gasteiger partial charge is 0.451 e. The molecule has 0 aromatic carbocycles. The Kier molecular flexibility index (Phi) is 3.50. The number of halogens is 3. The summed E-state index contributed by atoms with van der Waals surface area (Å²) in [6, 6.07) is 0. The Morgan fingerprint density at radius 1 is 1.47 bits per heavy atom. The summed E-state index contributed by atoms with van der Waals surface area (Å²) in [5.41, 5.74) is -1.23. The summed E-state index contributed by atoms with van der Waals surface area (Å²) >= 11 is 0. The van der Waals surface area contributed by atoms with Crippen LogP contribution in [0.1, 0.15) is 6.92 Å². The molecule has 0 saturated heterocycles. The topological polar surface area (TPSA) is 116 Å². The highest BCUT2D eigenvalue weighted by Gasteiger charge is 2.38. The molecule has 8 nitrogen and oxygen atoms in total. The van der Waals surface area contributed by atoms with Crippen LogP contribution in [0.3, 0.4) is 0 Å². The molecular weight excluding hydrogens is 245 g/mol. The quantitative estimate of drug-likeness (QED) is 0.475. The lowest BCUT2D eigenvalue weighted by atomic mass is 10.3. The lowest BCUT2D eigenvalue weighted by molar-refractivity contribution is -0.126. The Morgan fingerprint density at radius 3 is 2.53 bits per heavy atom. The summed E-state index contributed by atoms with van der Waals surface area (Å²) in [7, 11) is 0. The largest absolute Gasteiger partial charge is 0.503 e. The van der Waals surface area contributed by atoms with E-state index >= 15 is 0 Å². The van der Waals surface area contributed by atoms with Gasteiger partial charge >= 0.3 is 12.1 Å². The lowest BCUT2D eigenvalue weighted by Crippen LogP contribution is -2.16. The highest BCUT2D eigenvalue weighted by atomic mass is 19.4. The molecule has 0 spiro atoms. The summed E-state index contributed by atoms with van der Waals surface area (Å²) in [5.74, 6) is -3.61. The van der Waals surface area contributed by atoms with E-state index in [2.05, 4.69) is 25.6 Å². The monoisotopic (exact) mass is 250 g/mol. The number of aromatic nitrogens is 4. The second-order valence-electron chi connectivity index (χ2n) is 2.66. The molecule has 0 aliphatic heterocycles. The van der Waals surface area contributed by atoms with Crippen LogP contribution in [0.5, 0.6) is 0 Å². The number of tetrazole rings is 1. The predicted molar refractivity (Wildman–Crippen MR) is 45.1 cm³/mol. The van der Waals surface area contributed by atoms with E-state index in [1.807, 2.05) is 5.21 Å². The van der Waals surface area contributed by atoms with Crippen LogP contribution in [-0.4, -0.2) is 37.7 Å². The number of nitrogens with zero attached hydrogens (tertiary/aromatic N) is 5. The zero-order valence-electron chi connectivity index (χ0n) is 8.23. The number of aromatic amines is 1. The second-order valence-corrected chi connectivity index (χ2v) is 2.66. The van der Waals surface area contributed by atoms with Gasteiger partial charge in [-0.05, 0) is 5.21 Å². The lowest BCUT2D eigenvalue weighted by Gasteiger charge is -2.05. The van der Waals surface area contributed by atoms with Gasteiger partial charge in [0.15, 0.2) is 11.5 Å². The molecule has 0 bridgehead atoms. The van der Waals surface area contributed by atoms with E-state index in [-0.39, 0.29) is 5.95 Å². The number of carbonyl (C=O) groups is 1. The molecule has 0 radical (unpaired) electrons. The van der Waals surface area contributed by atoms with E-state index in [1.165, 1.54) is 0 Å². The number of aliphatic hydroxyl groups is 1. The van der Waals surface area contributed by atoms with Crippen LogP contribution in [-0.2, 0) is 4.79 Å². The molecule has 1 rings (SSSR count). The molecular formula is C6H5F3N6O2. The molecule has 92 valence electrons. The Balaban J connectivity index is 3.08. The molecule has 0 saturated carbocycles. The molecule has 0 aliphatic rings. The van der Waals surface area contributed by atoms with Crippen molar-refractivity contribution in [1.82, 2.24) is 20.6 Å². The first-order valence-corrected chi connectivity index (χ1v) is 3.99. The Labute approximate surface area is 91.2 Å². The maximum absolute atomic E-state index is 12.1. The van der Waals surface area contributed by atoms with Crippen LogP contribution < -0.4 is 0 Å². The third-order valence-electron chi connectivity index (χ3n) is 1.40. The third kappa shape index (κ3) is 3.32. The van der Waals surface area contributed by atoms with Crippen LogP contribution in [0.15, 0.2) is 21.7 Å². The van der Waals surface area contributed by atoms with Crippen molar-refractivity contribution in [3.63, 3.8) is 0 Å². The van der Waals surface area contributed by atoms with Crippen molar-refractivity contribution in [1.29, 1.82) is 0 Å². The molecule has 0 unspecified atom stereocenters. The minimum atomic E-state index is -5.09. The molecule has 1 aromatic rings. The van der Waals surface area contributed by atoms with Crippen LogP contribution in [0.25, 0.3) is 0 Å². The number of nitrogens with one attached hydrogen (secondary N) is 1. The highest BCUT2D eigenvalue weighted by molar-refractivity contribution is 5.93. The molecule has 2 N–H and O–H groups in total. The minimum Gasteiger partial charge on any atom is -0.503 e. The maximum atomic E-state index is 12.1. The van der Waals surface area contributed by atoms with Crippen LogP contribution >= 0.6 is 0 Å². The fourth-order valence-corrected chi connectivity index (χ4v) is 0.712. The van der Waals surface area contributed by atoms with Gasteiger partial charge in [0.1, 0.15) is 0 Å². The Hall–Kier alpha value is -2.33. The SMILES string of the molecule is CC(=O)/C(N=Nc1nn[nH]n1)=C(/O)C(F)(F)F. The molecule has 0 amide bonds.